The van der Waals surface area contributed by atoms with Crippen LogP contribution in [-0.4, -0.2) is 35.5 Å². The summed E-state index contributed by atoms with van der Waals surface area (Å²) in [6.45, 7) is 4.85. The predicted molar refractivity (Wildman–Crippen MR) is 71.0 cm³/mol. The minimum absolute atomic E-state index is 0.0775. The molecule has 1 heterocycles. The first-order valence-corrected chi connectivity index (χ1v) is 5.84. The van der Waals surface area contributed by atoms with Crippen LogP contribution in [0.25, 0.3) is 0 Å². The molecular weight excluding hydrogens is 234 g/mol. The minimum Gasteiger partial charge on any atom is -0.364 e. The summed E-state index contributed by atoms with van der Waals surface area (Å²) < 4.78 is 0. The van der Waals surface area contributed by atoms with Gasteiger partial charge in [0.15, 0.2) is 0 Å². The molecule has 1 rings (SSSR count). The highest BCUT2D eigenvalue weighted by Crippen LogP contribution is 2.30. The van der Waals surface area contributed by atoms with Crippen molar-refractivity contribution in [2.24, 2.45) is 5.92 Å². The van der Waals surface area contributed by atoms with Crippen LogP contribution >= 0.6 is 0 Å². The maximum atomic E-state index is 11.1. The van der Waals surface area contributed by atoms with Crippen LogP contribution in [-0.2, 0) is 0 Å². The molecule has 0 amide bonds. The van der Waals surface area contributed by atoms with Crippen molar-refractivity contribution < 1.29 is 4.92 Å². The fraction of sp³-hybridized carbons (Fsp3) is 0.636. The Morgan fingerprint density at radius 2 is 2.11 bits per heavy atom. The predicted octanol–water partition coefficient (Wildman–Crippen LogP) is 1.91. The quantitative estimate of drug-likeness (QED) is 0.615. The Labute approximate surface area is 106 Å². The van der Waals surface area contributed by atoms with Gasteiger partial charge in [0, 0.05) is 20.6 Å². The second-order valence-corrected chi connectivity index (χ2v) is 4.66. The van der Waals surface area contributed by atoms with Crippen LogP contribution in [0.15, 0.2) is 6.33 Å². The molecule has 0 aliphatic carbocycles. The number of nitrogens with zero attached hydrogens (tertiary/aromatic N) is 4. The Balaban J connectivity index is 2.96. The van der Waals surface area contributed by atoms with Gasteiger partial charge in [0.2, 0.25) is 11.6 Å². The molecule has 0 saturated carbocycles. The largest absolute Gasteiger partial charge is 0.364 e. The zero-order chi connectivity index (χ0) is 13.7. The molecular formula is C11H19N5O2. The molecule has 18 heavy (non-hydrogen) atoms. The van der Waals surface area contributed by atoms with E-state index in [0.717, 1.165) is 6.42 Å². The molecule has 100 valence electrons. The van der Waals surface area contributed by atoms with E-state index in [-0.39, 0.29) is 11.5 Å². The third kappa shape index (κ3) is 3.54. The van der Waals surface area contributed by atoms with Gasteiger partial charge in [-0.15, -0.1) is 0 Å². The molecule has 0 bridgehead atoms. The first-order chi connectivity index (χ1) is 8.43. The Morgan fingerprint density at radius 3 is 2.61 bits per heavy atom. The van der Waals surface area contributed by atoms with Crippen molar-refractivity contribution in [3.05, 3.63) is 16.4 Å². The third-order valence-electron chi connectivity index (χ3n) is 2.42. The minimum atomic E-state index is -0.451. The average molecular weight is 253 g/mol. The van der Waals surface area contributed by atoms with Gasteiger partial charge < -0.3 is 10.2 Å². The van der Waals surface area contributed by atoms with Gasteiger partial charge in [-0.2, -0.15) is 0 Å². The van der Waals surface area contributed by atoms with Gasteiger partial charge in [-0.05, 0) is 12.3 Å². The average Bonchev–Trinajstić information content (AvgIpc) is 2.27. The molecule has 1 aromatic rings. The number of nitro groups is 1. The fourth-order valence-corrected chi connectivity index (χ4v) is 1.47. The molecule has 1 N–H and O–H groups in total. The zero-order valence-corrected chi connectivity index (χ0v) is 11.2. The van der Waals surface area contributed by atoms with E-state index in [2.05, 4.69) is 29.1 Å². The Morgan fingerprint density at radius 1 is 1.44 bits per heavy atom. The van der Waals surface area contributed by atoms with E-state index in [1.54, 1.807) is 19.0 Å². The molecule has 7 heteroatoms. The van der Waals surface area contributed by atoms with Crippen molar-refractivity contribution >= 4 is 17.3 Å². The van der Waals surface area contributed by atoms with E-state index in [0.29, 0.717) is 18.3 Å². The van der Waals surface area contributed by atoms with Crippen molar-refractivity contribution in [3.63, 3.8) is 0 Å². The molecule has 0 saturated heterocycles. The zero-order valence-electron chi connectivity index (χ0n) is 11.2. The van der Waals surface area contributed by atoms with Crippen LogP contribution in [0.3, 0.4) is 0 Å². The van der Waals surface area contributed by atoms with Crippen molar-refractivity contribution in [2.45, 2.75) is 20.3 Å². The number of aromatic nitrogens is 2. The van der Waals surface area contributed by atoms with Crippen LogP contribution in [0.4, 0.5) is 17.3 Å². The number of anilines is 2. The fourth-order valence-electron chi connectivity index (χ4n) is 1.47. The van der Waals surface area contributed by atoms with Crippen LogP contribution in [0.2, 0.25) is 0 Å². The lowest BCUT2D eigenvalue weighted by molar-refractivity contribution is -0.383. The Bertz CT molecular complexity index is 420. The summed E-state index contributed by atoms with van der Waals surface area (Å²) in [5.74, 6) is 1.12. The van der Waals surface area contributed by atoms with Crippen LogP contribution in [0.1, 0.15) is 20.3 Å². The first-order valence-electron chi connectivity index (χ1n) is 5.84. The Kier molecular flexibility index (Phi) is 4.82. The van der Waals surface area contributed by atoms with Gasteiger partial charge >= 0.3 is 5.69 Å². The highest BCUT2D eigenvalue weighted by atomic mass is 16.6. The second kappa shape index (κ2) is 6.13. The van der Waals surface area contributed by atoms with Crippen molar-refractivity contribution in [3.8, 4) is 0 Å². The standard InChI is InChI=1S/C11H19N5O2/c1-8(2)5-6-12-10-9(16(17)18)11(15(3)4)14-7-13-10/h7-8H,5-6H2,1-4H3,(H,12,13,14). The summed E-state index contributed by atoms with van der Waals surface area (Å²) in [5, 5.41) is 14.1. The van der Waals surface area contributed by atoms with Gasteiger partial charge in [0.1, 0.15) is 6.33 Å². The summed E-state index contributed by atoms with van der Waals surface area (Å²) in [6, 6.07) is 0. The monoisotopic (exact) mass is 253 g/mol. The number of hydrogen-bond donors (Lipinski definition) is 1. The van der Waals surface area contributed by atoms with E-state index < -0.39 is 4.92 Å². The summed E-state index contributed by atoms with van der Waals surface area (Å²) in [4.78, 5) is 20.1. The number of nitrogens with one attached hydrogen (secondary N) is 1. The van der Waals surface area contributed by atoms with Gasteiger partial charge in [-0.1, -0.05) is 13.8 Å². The van der Waals surface area contributed by atoms with E-state index in [1.807, 2.05) is 0 Å². The molecule has 0 atom stereocenters. The van der Waals surface area contributed by atoms with E-state index in [4.69, 9.17) is 0 Å². The summed E-state index contributed by atoms with van der Waals surface area (Å²) in [6.07, 6.45) is 2.26. The molecule has 0 radical (unpaired) electrons. The lowest BCUT2D eigenvalue weighted by atomic mass is 10.1. The highest BCUT2D eigenvalue weighted by Gasteiger charge is 2.23. The van der Waals surface area contributed by atoms with Crippen molar-refractivity contribution in [1.29, 1.82) is 0 Å². The number of rotatable bonds is 6. The summed E-state index contributed by atoms with van der Waals surface area (Å²) >= 11 is 0. The van der Waals surface area contributed by atoms with Gasteiger partial charge in [0.05, 0.1) is 4.92 Å². The molecule has 0 aromatic carbocycles. The van der Waals surface area contributed by atoms with E-state index in [9.17, 15) is 10.1 Å². The van der Waals surface area contributed by atoms with E-state index >= 15 is 0 Å². The molecule has 1 aromatic heterocycles. The smallest absolute Gasteiger partial charge is 0.353 e. The molecule has 0 spiro atoms. The van der Waals surface area contributed by atoms with Gasteiger partial charge in [-0.3, -0.25) is 10.1 Å². The molecule has 7 nitrogen and oxygen atoms in total. The van der Waals surface area contributed by atoms with Crippen LogP contribution in [0, 0.1) is 16.0 Å². The van der Waals surface area contributed by atoms with Gasteiger partial charge in [-0.25, -0.2) is 9.97 Å². The second-order valence-electron chi connectivity index (χ2n) is 4.66. The lowest BCUT2D eigenvalue weighted by Crippen LogP contribution is -2.16. The van der Waals surface area contributed by atoms with Crippen molar-refractivity contribution in [1.82, 2.24) is 9.97 Å². The normalized spacial score (nSPS) is 10.5. The third-order valence-corrected chi connectivity index (χ3v) is 2.42. The maximum Gasteiger partial charge on any atom is 0.353 e. The SMILES string of the molecule is CC(C)CCNc1ncnc(N(C)C)c1[N+](=O)[O-]. The van der Waals surface area contributed by atoms with Crippen LogP contribution in [0.5, 0.6) is 0 Å². The topological polar surface area (TPSA) is 84.2 Å². The van der Waals surface area contributed by atoms with Crippen molar-refractivity contribution in [2.75, 3.05) is 30.9 Å². The number of hydrogen-bond acceptors (Lipinski definition) is 6. The molecule has 0 aliphatic heterocycles. The molecule has 0 aliphatic rings. The van der Waals surface area contributed by atoms with Crippen LogP contribution < -0.4 is 10.2 Å². The lowest BCUT2D eigenvalue weighted by Gasteiger charge is -2.13. The maximum absolute atomic E-state index is 11.1. The first kappa shape index (κ1) is 14.1. The Hall–Kier alpha value is -1.92. The highest BCUT2D eigenvalue weighted by molar-refractivity contribution is 5.69. The molecule has 0 unspecified atom stereocenters. The van der Waals surface area contributed by atoms with Gasteiger partial charge in [0.25, 0.3) is 0 Å². The summed E-state index contributed by atoms with van der Waals surface area (Å²) in [5.41, 5.74) is -0.0775. The molecule has 0 fully saturated rings. The van der Waals surface area contributed by atoms with E-state index in [1.165, 1.54) is 6.33 Å². The summed E-state index contributed by atoms with van der Waals surface area (Å²) in [7, 11) is 3.43.